The Kier molecular flexibility index (Phi) is 3.42. The second-order valence-electron chi connectivity index (χ2n) is 5.53. The second-order valence-corrected chi connectivity index (χ2v) is 5.53. The first kappa shape index (κ1) is 14.3. The highest BCUT2D eigenvalue weighted by atomic mass is 15.3. The molecule has 0 aliphatic heterocycles. The van der Waals surface area contributed by atoms with Gasteiger partial charge in [0.05, 0.1) is 11.7 Å². The summed E-state index contributed by atoms with van der Waals surface area (Å²) in [5, 5.41) is 24.4. The smallest absolute Gasteiger partial charge is 0.175 e. The standard InChI is InChI=1S/C16H16N8/c1-11-8-10-24(22-11)15-7-6-13(18-20-15)17-12(2)16-21-19-14-5-3-4-9-23(14)16/h3-10,12H,1-2H3,(H,17,18)/t12-/m1/s1. The number of hydrogen-bond acceptors (Lipinski definition) is 6. The fourth-order valence-electron chi connectivity index (χ4n) is 2.51. The number of nitrogens with zero attached hydrogens (tertiary/aromatic N) is 7. The van der Waals surface area contributed by atoms with Gasteiger partial charge in [0.2, 0.25) is 0 Å². The van der Waals surface area contributed by atoms with Crippen LogP contribution >= 0.6 is 0 Å². The van der Waals surface area contributed by atoms with E-state index in [1.165, 1.54) is 0 Å². The zero-order valence-electron chi connectivity index (χ0n) is 13.3. The maximum absolute atomic E-state index is 4.32. The summed E-state index contributed by atoms with van der Waals surface area (Å²) in [6, 6.07) is 11.4. The van der Waals surface area contributed by atoms with Gasteiger partial charge in [0.1, 0.15) is 5.82 Å². The van der Waals surface area contributed by atoms with Crippen LogP contribution in [0.4, 0.5) is 5.82 Å². The van der Waals surface area contributed by atoms with E-state index in [0.29, 0.717) is 11.6 Å². The fraction of sp³-hybridized carbons (Fsp3) is 0.188. The Balaban J connectivity index is 1.54. The third-order valence-electron chi connectivity index (χ3n) is 3.70. The van der Waals surface area contributed by atoms with Crippen molar-refractivity contribution in [1.82, 2.24) is 34.6 Å². The number of fused-ring (bicyclic) bond motifs is 1. The molecular weight excluding hydrogens is 304 g/mol. The molecule has 0 aromatic carbocycles. The number of rotatable bonds is 4. The van der Waals surface area contributed by atoms with E-state index in [1.807, 2.05) is 67.0 Å². The molecule has 4 aromatic heterocycles. The molecule has 0 spiro atoms. The molecule has 0 bridgehead atoms. The van der Waals surface area contributed by atoms with Crippen LogP contribution in [0.1, 0.15) is 24.5 Å². The summed E-state index contributed by atoms with van der Waals surface area (Å²) in [5.41, 5.74) is 1.75. The molecule has 0 aliphatic carbocycles. The van der Waals surface area contributed by atoms with Crippen molar-refractivity contribution in [3.05, 3.63) is 60.3 Å². The molecule has 4 heterocycles. The Bertz CT molecular complexity index is 969. The predicted octanol–water partition coefficient (Wildman–Crippen LogP) is 2.19. The van der Waals surface area contributed by atoms with E-state index in [-0.39, 0.29) is 6.04 Å². The molecule has 0 saturated heterocycles. The Morgan fingerprint density at radius 3 is 2.62 bits per heavy atom. The van der Waals surface area contributed by atoms with Crippen molar-refractivity contribution in [2.24, 2.45) is 0 Å². The monoisotopic (exact) mass is 320 g/mol. The summed E-state index contributed by atoms with van der Waals surface area (Å²) in [6.07, 6.45) is 3.80. The molecule has 1 atom stereocenters. The van der Waals surface area contributed by atoms with Crippen LogP contribution in [-0.4, -0.2) is 34.6 Å². The summed E-state index contributed by atoms with van der Waals surface area (Å²) >= 11 is 0. The molecule has 0 amide bonds. The van der Waals surface area contributed by atoms with Crippen LogP contribution in [0.3, 0.4) is 0 Å². The van der Waals surface area contributed by atoms with Crippen LogP contribution in [-0.2, 0) is 0 Å². The molecule has 0 unspecified atom stereocenters. The second kappa shape index (κ2) is 5.73. The van der Waals surface area contributed by atoms with E-state index in [4.69, 9.17) is 0 Å². The van der Waals surface area contributed by atoms with Gasteiger partial charge in [-0.2, -0.15) is 5.10 Å². The Hall–Kier alpha value is -3.29. The summed E-state index contributed by atoms with van der Waals surface area (Å²) in [5.74, 6) is 2.16. The number of anilines is 1. The Labute approximate surface area is 138 Å². The summed E-state index contributed by atoms with van der Waals surface area (Å²) in [4.78, 5) is 0. The van der Waals surface area contributed by atoms with E-state index in [1.54, 1.807) is 4.68 Å². The number of aryl methyl sites for hydroxylation is 1. The quantitative estimate of drug-likeness (QED) is 0.620. The summed E-state index contributed by atoms with van der Waals surface area (Å²) < 4.78 is 3.65. The van der Waals surface area contributed by atoms with E-state index < -0.39 is 0 Å². The maximum atomic E-state index is 4.32. The highest BCUT2D eigenvalue weighted by molar-refractivity contribution is 5.41. The lowest BCUT2D eigenvalue weighted by Gasteiger charge is -2.12. The van der Waals surface area contributed by atoms with Gasteiger partial charge in [0.15, 0.2) is 17.3 Å². The Morgan fingerprint density at radius 2 is 1.88 bits per heavy atom. The molecule has 0 aliphatic rings. The lowest BCUT2D eigenvalue weighted by molar-refractivity contribution is 0.757. The average molecular weight is 320 g/mol. The zero-order chi connectivity index (χ0) is 16.5. The third-order valence-corrected chi connectivity index (χ3v) is 3.70. The van der Waals surface area contributed by atoms with Crippen LogP contribution in [0.15, 0.2) is 48.8 Å². The van der Waals surface area contributed by atoms with Gasteiger partial charge in [0.25, 0.3) is 0 Å². The molecule has 1 N–H and O–H groups in total. The van der Waals surface area contributed by atoms with Crippen LogP contribution < -0.4 is 5.32 Å². The van der Waals surface area contributed by atoms with Crippen molar-refractivity contribution < 1.29 is 0 Å². The minimum atomic E-state index is -0.0607. The lowest BCUT2D eigenvalue weighted by atomic mass is 10.3. The highest BCUT2D eigenvalue weighted by Crippen LogP contribution is 2.17. The SMILES string of the molecule is Cc1ccn(-c2ccc(N[C@H](C)c3nnc4ccccn34)nn2)n1. The van der Waals surface area contributed by atoms with Crippen molar-refractivity contribution in [3.8, 4) is 5.82 Å². The van der Waals surface area contributed by atoms with Gasteiger partial charge in [-0.25, -0.2) is 4.68 Å². The third kappa shape index (κ3) is 2.58. The minimum Gasteiger partial charge on any atom is -0.359 e. The largest absolute Gasteiger partial charge is 0.359 e. The average Bonchev–Trinajstić information content (AvgIpc) is 3.22. The van der Waals surface area contributed by atoms with Gasteiger partial charge < -0.3 is 5.32 Å². The van der Waals surface area contributed by atoms with Crippen LogP contribution in [0.25, 0.3) is 11.5 Å². The highest BCUT2D eigenvalue weighted by Gasteiger charge is 2.13. The van der Waals surface area contributed by atoms with E-state index in [9.17, 15) is 0 Å². The summed E-state index contributed by atoms with van der Waals surface area (Å²) in [7, 11) is 0. The first-order chi connectivity index (χ1) is 11.7. The minimum absolute atomic E-state index is 0.0607. The topological polar surface area (TPSA) is 85.8 Å². The molecule has 4 aromatic rings. The van der Waals surface area contributed by atoms with Crippen LogP contribution in [0.2, 0.25) is 0 Å². The van der Waals surface area contributed by atoms with Crippen molar-refractivity contribution in [2.45, 2.75) is 19.9 Å². The van der Waals surface area contributed by atoms with Gasteiger partial charge in [-0.3, -0.25) is 4.40 Å². The van der Waals surface area contributed by atoms with Gasteiger partial charge in [-0.1, -0.05) is 6.07 Å². The van der Waals surface area contributed by atoms with Crippen LogP contribution in [0.5, 0.6) is 0 Å². The molecule has 8 heteroatoms. The van der Waals surface area contributed by atoms with Gasteiger partial charge in [-0.05, 0) is 44.2 Å². The molecular formula is C16H16N8. The molecule has 24 heavy (non-hydrogen) atoms. The van der Waals surface area contributed by atoms with Crippen molar-refractivity contribution >= 4 is 11.5 Å². The molecule has 0 saturated carbocycles. The molecule has 0 radical (unpaired) electrons. The molecule has 0 fully saturated rings. The first-order valence-electron chi connectivity index (χ1n) is 7.63. The number of pyridine rings is 1. The lowest BCUT2D eigenvalue weighted by Crippen LogP contribution is -2.12. The predicted molar refractivity (Wildman–Crippen MR) is 88.9 cm³/mol. The van der Waals surface area contributed by atoms with Crippen LogP contribution in [0, 0.1) is 6.92 Å². The number of aromatic nitrogens is 7. The van der Waals surface area contributed by atoms with E-state index in [2.05, 4.69) is 30.8 Å². The Morgan fingerprint density at radius 1 is 0.958 bits per heavy atom. The zero-order valence-corrected chi connectivity index (χ0v) is 13.3. The van der Waals surface area contributed by atoms with Gasteiger partial charge in [-0.15, -0.1) is 20.4 Å². The van der Waals surface area contributed by atoms with Crippen molar-refractivity contribution in [2.75, 3.05) is 5.32 Å². The van der Waals surface area contributed by atoms with Gasteiger partial charge >= 0.3 is 0 Å². The molecule has 4 rings (SSSR count). The maximum Gasteiger partial charge on any atom is 0.175 e. The molecule has 120 valence electrons. The summed E-state index contributed by atoms with van der Waals surface area (Å²) in [6.45, 7) is 3.94. The number of nitrogens with one attached hydrogen (secondary N) is 1. The van der Waals surface area contributed by atoms with Gasteiger partial charge in [0, 0.05) is 12.4 Å². The molecule has 8 nitrogen and oxygen atoms in total. The normalized spacial score (nSPS) is 12.4. The van der Waals surface area contributed by atoms with Crippen molar-refractivity contribution in [1.29, 1.82) is 0 Å². The van der Waals surface area contributed by atoms with E-state index in [0.717, 1.165) is 17.2 Å². The van der Waals surface area contributed by atoms with Crippen molar-refractivity contribution in [3.63, 3.8) is 0 Å². The number of hydrogen-bond donors (Lipinski definition) is 1. The van der Waals surface area contributed by atoms with E-state index >= 15 is 0 Å². The fourth-order valence-corrected chi connectivity index (χ4v) is 2.51. The first-order valence-corrected chi connectivity index (χ1v) is 7.63.